The number of likely N-dealkylation sites (N-methyl/N-ethyl adjacent to an activating group) is 1. The van der Waals surface area contributed by atoms with Crippen LogP contribution in [0.4, 0.5) is 4.79 Å². The highest BCUT2D eigenvalue weighted by Crippen LogP contribution is 2.09. The molecule has 2 rings (SSSR count). The van der Waals surface area contributed by atoms with Crippen molar-refractivity contribution < 1.29 is 19.4 Å². The van der Waals surface area contributed by atoms with Crippen LogP contribution in [0.3, 0.4) is 0 Å². The molecule has 0 heterocycles. The number of benzene rings is 2. The minimum atomic E-state index is -1.20. The minimum absolute atomic E-state index is 0.147. The molecule has 126 valence electrons. The molecule has 0 aliphatic heterocycles. The minimum Gasteiger partial charge on any atom is -0.478 e. The average Bonchev–Trinajstić information content (AvgIpc) is 2.60. The fraction of sp³-hybridized carbons (Fsp3) is 0.263. The van der Waals surface area contributed by atoms with Crippen molar-refractivity contribution in [2.75, 3.05) is 13.6 Å². The van der Waals surface area contributed by atoms with Crippen LogP contribution in [0.5, 0.6) is 0 Å². The van der Waals surface area contributed by atoms with Crippen molar-refractivity contribution in [2.45, 2.75) is 18.9 Å². The van der Waals surface area contributed by atoms with Gasteiger partial charge in [-0.15, -0.1) is 0 Å². The summed E-state index contributed by atoms with van der Waals surface area (Å²) in [6.45, 7) is 0.459. The summed E-state index contributed by atoms with van der Waals surface area (Å²) in [4.78, 5) is 24.9. The Morgan fingerprint density at radius 3 is 2.08 bits per heavy atom. The summed E-state index contributed by atoms with van der Waals surface area (Å²) in [5.41, 5.74) is 1.92. The number of carbonyl (C=O) groups excluding carboxylic acids is 1. The molecule has 0 spiro atoms. The summed E-state index contributed by atoms with van der Waals surface area (Å²) in [6.07, 6.45) is -0.995. The van der Waals surface area contributed by atoms with Crippen molar-refractivity contribution in [2.24, 2.45) is 0 Å². The maximum Gasteiger partial charge on any atom is 0.410 e. The molecule has 5 nitrogen and oxygen atoms in total. The first-order valence-corrected chi connectivity index (χ1v) is 7.78. The Hall–Kier alpha value is -2.82. The van der Waals surface area contributed by atoms with E-state index in [0.29, 0.717) is 13.0 Å². The summed E-state index contributed by atoms with van der Waals surface area (Å²) in [5.74, 6) is -1.15. The molecule has 0 unspecified atom stereocenters. The maximum absolute atomic E-state index is 12.1. The normalized spacial score (nSPS) is 11.5. The van der Waals surface area contributed by atoms with Crippen molar-refractivity contribution in [3.05, 3.63) is 71.8 Å². The molecular weight excluding hydrogens is 306 g/mol. The summed E-state index contributed by atoms with van der Waals surface area (Å²) in [7, 11) is 1.60. The largest absolute Gasteiger partial charge is 0.478 e. The van der Waals surface area contributed by atoms with E-state index in [1.165, 1.54) is 4.90 Å². The Bertz CT molecular complexity index is 658. The molecule has 5 heteroatoms. The van der Waals surface area contributed by atoms with E-state index in [1.807, 2.05) is 60.7 Å². The topological polar surface area (TPSA) is 66.8 Å². The average molecular weight is 327 g/mol. The lowest BCUT2D eigenvalue weighted by Crippen LogP contribution is -2.36. The standard InChI is InChI=1S/C19H21NO4/c1-20(13-12-15-8-4-2-5-9-15)19(23)24-17(18(21)22)14-16-10-6-3-7-11-16/h2-11,17H,12-14H2,1H3,(H,21,22)/t17-/m0/s1. The van der Waals surface area contributed by atoms with Gasteiger partial charge in [-0.2, -0.15) is 0 Å². The van der Waals surface area contributed by atoms with Gasteiger partial charge in [0.15, 0.2) is 0 Å². The van der Waals surface area contributed by atoms with Crippen LogP contribution in [0.2, 0.25) is 0 Å². The van der Waals surface area contributed by atoms with Crippen molar-refractivity contribution in [3.63, 3.8) is 0 Å². The fourth-order valence-corrected chi connectivity index (χ4v) is 2.25. The Labute approximate surface area is 141 Å². The first kappa shape index (κ1) is 17.5. The van der Waals surface area contributed by atoms with E-state index in [2.05, 4.69) is 0 Å². The molecule has 1 N–H and O–H groups in total. The molecule has 0 aliphatic rings. The summed E-state index contributed by atoms with van der Waals surface area (Å²) in [6, 6.07) is 18.9. The molecule has 1 atom stereocenters. The Morgan fingerprint density at radius 1 is 1.00 bits per heavy atom. The van der Waals surface area contributed by atoms with Crippen molar-refractivity contribution in [1.29, 1.82) is 0 Å². The van der Waals surface area contributed by atoms with Gasteiger partial charge in [-0.3, -0.25) is 0 Å². The first-order chi connectivity index (χ1) is 11.6. The molecule has 2 aromatic rings. The van der Waals surface area contributed by atoms with Gasteiger partial charge < -0.3 is 14.7 Å². The number of hydrogen-bond donors (Lipinski definition) is 1. The lowest BCUT2D eigenvalue weighted by molar-refractivity contribution is -0.147. The third-order valence-electron chi connectivity index (χ3n) is 3.67. The zero-order chi connectivity index (χ0) is 17.4. The number of carboxylic acids is 1. The smallest absolute Gasteiger partial charge is 0.410 e. The second-order valence-electron chi connectivity index (χ2n) is 5.56. The van der Waals surface area contributed by atoms with Gasteiger partial charge in [0.05, 0.1) is 0 Å². The summed E-state index contributed by atoms with van der Waals surface area (Å²) in [5, 5.41) is 9.28. The molecule has 0 bridgehead atoms. The second kappa shape index (κ2) is 8.72. The number of rotatable bonds is 7. The van der Waals surface area contributed by atoms with Gasteiger partial charge in [0.1, 0.15) is 0 Å². The van der Waals surface area contributed by atoms with Crippen LogP contribution in [0.1, 0.15) is 11.1 Å². The number of carbonyl (C=O) groups is 2. The third-order valence-corrected chi connectivity index (χ3v) is 3.67. The number of amides is 1. The zero-order valence-electron chi connectivity index (χ0n) is 13.6. The maximum atomic E-state index is 12.1. The molecule has 0 aromatic heterocycles. The quantitative estimate of drug-likeness (QED) is 0.849. The van der Waals surface area contributed by atoms with Crippen molar-refractivity contribution in [1.82, 2.24) is 4.90 Å². The van der Waals surface area contributed by atoms with E-state index in [-0.39, 0.29) is 6.42 Å². The molecule has 0 saturated carbocycles. The predicted molar refractivity (Wildman–Crippen MR) is 90.8 cm³/mol. The van der Waals surface area contributed by atoms with E-state index >= 15 is 0 Å². The molecule has 1 amide bonds. The molecular formula is C19H21NO4. The van der Waals surface area contributed by atoms with Crippen molar-refractivity contribution >= 4 is 12.1 Å². The molecule has 2 aromatic carbocycles. The van der Waals surface area contributed by atoms with Gasteiger partial charge in [0, 0.05) is 20.0 Å². The van der Waals surface area contributed by atoms with Gasteiger partial charge in [0.2, 0.25) is 6.10 Å². The highest BCUT2D eigenvalue weighted by atomic mass is 16.6. The monoisotopic (exact) mass is 327 g/mol. The van der Waals surface area contributed by atoms with Crippen LogP contribution in [-0.2, 0) is 22.4 Å². The lowest BCUT2D eigenvalue weighted by atomic mass is 10.1. The van der Waals surface area contributed by atoms with Crippen LogP contribution < -0.4 is 0 Å². The highest BCUT2D eigenvalue weighted by molar-refractivity contribution is 5.77. The van der Waals surface area contributed by atoms with Gasteiger partial charge in [-0.1, -0.05) is 60.7 Å². The van der Waals surface area contributed by atoms with Gasteiger partial charge in [-0.25, -0.2) is 9.59 Å². The fourth-order valence-electron chi connectivity index (χ4n) is 2.25. The predicted octanol–water partition coefficient (Wildman–Crippen LogP) is 2.99. The van der Waals surface area contributed by atoms with E-state index in [4.69, 9.17) is 4.74 Å². The van der Waals surface area contributed by atoms with Crippen LogP contribution in [-0.4, -0.2) is 41.8 Å². The zero-order valence-corrected chi connectivity index (χ0v) is 13.6. The van der Waals surface area contributed by atoms with Gasteiger partial charge in [-0.05, 0) is 17.5 Å². The number of aliphatic carboxylic acids is 1. The molecule has 0 aliphatic carbocycles. The van der Waals surface area contributed by atoms with Crippen LogP contribution in [0.25, 0.3) is 0 Å². The number of hydrogen-bond acceptors (Lipinski definition) is 3. The number of ether oxygens (including phenoxy) is 1. The number of nitrogens with zero attached hydrogens (tertiary/aromatic N) is 1. The Balaban J connectivity index is 1.88. The first-order valence-electron chi connectivity index (χ1n) is 7.78. The lowest BCUT2D eigenvalue weighted by Gasteiger charge is -2.20. The SMILES string of the molecule is CN(CCc1ccccc1)C(=O)O[C@@H](Cc1ccccc1)C(=O)O. The Kier molecular flexibility index (Phi) is 6.37. The van der Waals surface area contributed by atoms with Crippen LogP contribution in [0.15, 0.2) is 60.7 Å². The molecule has 0 saturated heterocycles. The molecule has 0 radical (unpaired) electrons. The summed E-state index contributed by atoms with van der Waals surface area (Å²) < 4.78 is 5.15. The van der Waals surface area contributed by atoms with Crippen LogP contribution in [0, 0.1) is 0 Å². The third kappa shape index (κ3) is 5.43. The van der Waals surface area contributed by atoms with E-state index < -0.39 is 18.2 Å². The molecule has 0 fully saturated rings. The second-order valence-corrected chi connectivity index (χ2v) is 5.56. The molecule has 24 heavy (non-hydrogen) atoms. The van der Waals surface area contributed by atoms with E-state index in [1.54, 1.807) is 7.05 Å². The van der Waals surface area contributed by atoms with Crippen molar-refractivity contribution in [3.8, 4) is 0 Å². The number of carboxylic acid groups (broad SMARTS) is 1. The highest BCUT2D eigenvalue weighted by Gasteiger charge is 2.24. The van der Waals surface area contributed by atoms with E-state index in [9.17, 15) is 14.7 Å². The summed E-state index contributed by atoms with van der Waals surface area (Å²) >= 11 is 0. The van der Waals surface area contributed by atoms with E-state index in [0.717, 1.165) is 11.1 Å². The van der Waals surface area contributed by atoms with Gasteiger partial charge >= 0.3 is 12.1 Å². The van der Waals surface area contributed by atoms with Crippen LogP contribution >= 0.6 is 0 Å². The van der Waals surface area contributed by atoms with Gasteiger partial charge in [0.25, 0.3) is 0 Å². The Morgan fingerprint density at radius 2 is 1.54 bits per heavy atom.